The summed E-state index contributed by atoms with van der Waals surface area (Å²) in [5.41, 5.74) is 5.62. The third-order valence-electron chi connectivity index (χ3n) is 3.38. The molecule has 3 N–H and O–H groups in total. The number of hydrogen-bond donors (Lipinski definition) is 3. The highest BCUT2D eigenvalue weighted by molar-refractivity contribution is 7.80. The van der Waals surface area contributed by atoms with Crippen molar-refractivity contribution in [2.75, 3.05) is 6.54 Å². The van der Waals surface area contributed by atoms with E-state index in [1.807, 2.05) is 26.0 Å². The zero-order valence-corrected chi connectivity index (χ0v) is 15.7. The van der Waals surface area contributed by atoms with Crippen LogP contribution < -0.4 is 10.7 Å². The number of phenolic OH excluding ortho intramolecular Hbond substituents is 1. The maximum atomic E-state index is 9.39. The Kier molecular flexibility index (Phi) is 6.69. The molecule has 0 amide bonds. The number of benzene rings is 1. The fourth-order valence-electron chi connectivity index (χ4n) is 2.06. The molecule has 0 radical (unpaired) electrons. The smallest absolute Gasteiger partial charge is 0.186 e. The van der Waals surface area contributed by atoms with Crippen LogP contribution in [0, 0.1) is 6.92 Å². The van der Waals surface area contributed by atoms with E-state index in [-0.39, 0.29) is 5.75 Å². The number of unbranched alkanes of at least 4 members (excludes halogenated alkanes) is 1. The lowest BCUT2D eigenvalue weighted by Crippen LogP contribution is -2.33. The van der Waals surface area contributed by atoms with Crippen molar-refractivity contribution in [1.29, 1.82) is 0 Å². The first-order valence-electron chi connectivity index (χ1n) is 7.86. The summed E-state index contributed by atoms with van der Waals surface area (Å²) < 4.78 is 0. The monoisotopic (exact) mass is 362 g/mol. The fraction of sp³-hybridized carbons (Fsp3) is 0.353. The molecule has 0 aliphatic heterocycles. The number of aromatic hydroxyl groups is 1. The van der Waals surface area contributed by atoms with Gasteiger partial charge in [-0.25, -0.2) is 4.98 Å². The van der Waals surface area contributed by atoms with E-state index in [0.717, 1.165) is 46.2 Å². The van der Waals surface area contributed by atoms with Crippen molar-refractivity contribution in [3.63, 3.8) is 0 Å². The molecule has 0 atom stereocenters. The molecule has 0 spiro atoms. The normalized spacial score (nSPS) is 11.4. The third kappa shape index (κ3) is 5.01. The molecular formula is C17H22N4OS2. The molecule has 0 unspecified atom stereocenters. The average molecular weight is 363 g/mol. The summed E-state index contributed by atoms with van der Waals surface area (Å²) >= 11 is 6.77. The standard InChI is InChI=1S/C17H22N4OS2/c1-4-5-10-18-17(23)21-20-12(3)15-11(2)19-16(24-15)13-6-8-14(22)9-7-13/h6-9,22H,4-5,10H2,1-3H3,(H2,18,21,23)/b20-12+. The van der Waals surface area contributed by atoms with Gasteiger partial charge in [0, 0.05) is 12.1 Å². The Morgan fingerprint density at radius 3 is 2.71 bits per heavy atom. The number of thiocarbonyl (C=S) groups is 1. The van der Waals surface area contributed by atoms with Gasteiger partial charge in [0.25, 0.3) is 0 Å². The van der Waals surface area contributed by atoms with E-state index in [1.54, 1.807) is 23.5 Å². The first kappa shape index (κ1) is 18.4. The van der Waals surface area contributed by atoms with Gasteiger partial charge in [0.15, 0.2) is 5.11 Å². The summed E-state index contributed by atoms with van der Waals surface area (Å²) in [7, 11) is 0. The maximum absolute atomic E-state index is 9.39. The van der Waals surface area contributed by atoms with Crippen LogP contribution in [0.4, 0.5) is 0 Å². The lowest BCUT2D eigenvalue weighted by molar-refractivity contribution is 0.475. The summed E-state index contributed by atoms with van der Waals surface area (Å²) in [5.74, 6) is 0.248. The minimum absolute atomic E-state index is 0.248. The van der Waals surface area contributed by atoms with Crippen molar-refractivity contribution in [3.05, 3.63) is 34.8 Å². The molecule has 0 aliphatic carbocycles. The van der Waals surface area contributed by atoms with Crippen LogP contribution in [0.15, 0.2) is 29.4 Å². The zero-order chi connectivity index (χ0) is 17.5. The van der Waals surface area contributed by atoms with Gasteiger partial charge in [-0.05, 0) is 56.8 Å². The lowest BCUT2D eigenvalue weighted by Gasteiger charge is -2.06. The number of phenols is 1. The summed E-state index contributed by atoms with van der Waals surface area (Å²) in [6.07, 6.45) is 2.20. The Hall–Kier alpha value is -1.99. The number of rotatable bonds is 6. The van der Waals surface area contributed by atoms with E-state index in [1.165, 1.54) is 0 Å². The van der Waals surface area contributed by atoms with Crippen molar-refractivity contribution >= 4 is 34.4 Å². The van der Waals surface area contributed by atoms with Crippen molar-refractivity contribution in [1.82, 2.24) is 15.7 Å². The third-order valence-corrected chi connectivity index (χ3v) is 4.93. The van der Waals surface area contributed by atoms with Gasteiger partial charge >= 0.3 is 0 Å². The van der Waals surface area contributed by atoms with Gasteiger partial charge in [-0.1, -0.05) is 13.3 Å². The number of aromatic nitrogens is 1. The lowest BCUT2D eigenvalue weighted by atomic mass is 10.2. The number of nitrogens with one attached hydrogen (secondary N) is 2. The van der Waals surface area contributed by atoms with Crippen LogP contribution in [0.3, 0.4) is 0 Å². The van der Waals surface area contributed by atoms with E-state index < -0.39 is 0 Å². The molecular weight excluding hydrogens is 340 g/mol. The van der Waals surface area contributed by atoms with E-state index in [2.05, 4.69) is 27.8 Å². The van der Waals surface area contributed by atoms with E-state index in [4.69, 9.17) is 12.2 Å². The molecule has 1 aromatic carbocycles. The number of thiazole rings is 1. The molecule has 0 fully saturated rings. The van der Waals surface area contributed by atoms with Crippen molar-refractivity contribution in [2.24, 2.45) is 5.10 Å². The second-order valence-electron chi connectivity index (χ2n) is 5.40. The molecule has 5 nitrogen and oxygen atoms in total. The van der Waals surface area contributed by atoms with Crippen LogP contribution in [0.25, 0.3) is 10.6 Å². The molecule has 0 saturated heterocycles. The molecule has 24 heavy (non-hydrogen) atoms. The predicted molar refractivity (Wildman–Crippen MR) is 105 cm³/mol. The van der Waals surface area contributed by atoms with Gasteiger partial charge < -0.3 is 10.4 Å². The summed E-state index contributed by atoms with van der Waals surface area (Å²) in [6.45, 7) is 6.88. The highest BCUT2D eigenvalue weighted by Crippen LogP contribution is 2.29. The Labute approximate surface area is 151 Å². The Morgan fingerprint density at radius 1 is 1.33 bits per heavy atom. The Morgan fingerprint density at radius 2 is 2.04 bits per heavy atom. The van der Waals surface area contributed by atoms with Gasteiger partial charge in [-0.15, -0.1) is 11.3 Å². The quantitative estimate of drug-likeness (QED) is 0.315. The van der Waals surface area contributed by atoms with Gasteiger partial charge in [0.05, 0.1) is 16.3 Å². The average Bonchev–Trinajstić information content (AvgIpc) is 2.95. The van der Waals surface area contributed by atoms with Crippen LogP contribution >= 0.6 is 23.6 Å². The fourth-order valence-corrected chi connectivity index (χ4v) is 3.23. The first-order valence-corrected chi connectivity index (χ1v) is 9.09. The van der Waals surface area contributed by atoms with Crippen LogP contribution in [0.2, 0.25) is 0 Å². The van der Waals surface area contributed by atoms with Crippen molar-refractivity contribution in [2.45, 2.75) is 33.6 Å². The van der Waals surface area contributed by atoms with Gasteiger partial charge in [-0.3, -0.25) is 5.43 Å². The first-order chi connectivity index (χ1) is 11.5. The SMILES string of the molecule is CCCCNC(=S)N/N=C(\C)c1sc(-c2ccc(O)cc2)nc1C. The second-order valence-corrected chi connectivity index (χ2v) is 6.81. The topological polar surface area (TPSA) is 69.5 Å². The van der Waals surface area contributed by atoms with Crippen molar-refractivity contribution in [3.8, 4) is 16.3 Å². The second kappa shape index (κ2) is 8.75. The largest absolute Gasteiger partial charge is 0.508 e. The molecule has 1 aromatic heterocycles. The number of aryl methyl sites for hydroxylation is 1. The van der Waals surface area contributed by atoms with Gasteiger partial charge in [0.2, 0.25) is 0 Å². The highest BCUT2D eigenvalue weighted by Gasteiger charge is 2.12. The van der Waals surface area contributed by atoms with Crippen LogP contribution in [-0.4, -0.2) is 27.5 Å². The van der Waals surface area contributed by atoms with Crippen LogP contribution in [0.1, 0.15) is 37.3 Å². The number of hydrogen-bond acceptors (Lipinski definition) is 5. The van der Waals surface area contributed by atoms with Crippen LogP contribution in [-0.2, 0) is 0 Å². The van der Waals surface area contributed by atoms with Crippen LogP contribution in [0.5, 0.6) is 5.75 Å². The summed E-state index contributed by atoms with van der Waals surface area (Å²) in [5, 5.41) is 18.3. The Bertz CT molecular complexity index is 723. The molecule has 0 aliphatic rings. The molecule has 0 bridgehead atoms. The number of hydrazone groups is 1. The minimum atomic E-state index is 0.248. The molecule has 7 heteroatoms. The predicted octanol–water partition coefficient (Wildman–Crippen LogP) is 3.81. The Balaban J connectivity index is 2.07. The zero-order valence-electron chi connectivity index (χ0n) is 14.1. The number of nitrogens with zero attached hydrogens (tertiary/aromatic N) is 2. The van der Waals surface area contributed by atoms with Gasteiger partial charge in [-0.2, -0.15) is 5.10 Å². The summed E-state index contributed by atoms with van der Waals surface area (Å²) in [4.78, 5) is 5.61. The van der Waals surface area contributed by atoms with E-state index >= 15 is 0 Å². The minimum Gasteiger partial charge on any atom is -0.508 e. The highest BCUT2D eigenvalue weighted by atomic mass is 32.1. The molecule has 1 heterocycles. The molecule has 128 valence electrons. The molecule has 0 saturated carbocycles. The molecule has 2 aromatic rings. The summed E-state index contributed by atoms with van der Waals surface area (Å²) in [6, 6.07) is 7.03. The van der Waals surface area contributed by atoms with E-state index in [0.29, 0.717) is 5.11 Å². The van der Waals surface area contributed by atoms with Gasteiger partial charge in [0.1, 0.15) is 10.8 Å². The molecule has 2 rings (SSSR count). The van der Waals surface area contributed by atoms with Crippen molar-refractivity contribution < 1.29 is 5.11 Å². The van der Waals surface area contributed by atoms with E-state index in [9.17, 15) is 5.11 Å². The maximum Gasteiger partial charge on any atom is 0.186 e.